The van der Waals surface area contributed by atoms with Crippen LogP contribution in [0, 0.1) is 0 Å². The molecule has 0 saturated carbocycles. The summed E-state index contributed by atoms with van der Waals surface area (Å²) in [5.41, 5.74) is 0. The van der Waals surface area contributed by atoms with Gasteiger partial charge in [0.25, 0.3) is 0 Å². The van der Waals surface area contributed by atoms with Crippen molar-refractivity contribution in [1.82, 2.24) is 4.31 Å². The normalized spacial score (nSPS) is 24.0. The van der Waals surface area contributed by atoms with Gasteiger partial charge in [-0.1, -0.05) is 15.9 Å². The molecular formula is C14H20BrNO4S. The van der Waals surface area contributed by atoms with E-state index < -0.39 is 10.0 Å². The third-order valence-corrected chi connectivity index (χ3v) is 5.56. The number of benzene rings is 1. The summed E-state index contributed by atoms with van der Waals surface area (Å²) in [5, 5.41) is 0. The average molecular weight is 378 g/mol. The summed E-state index contributed by atoms with van der Waals surface area (Å²) < 4.78 is 39.0. The molecule has 118 valence electrons. The standard InChI is InChI=1S/C14H20BrNO4S/c1-4-19-13-6-5-12(15)7-14(13)21(17,18)16-8-10(2)20-11(3)9-16/h5-7,10-11H,4,8-9H2,1-3H3/t10-,11-/m1/s1. The highest BCUT2D eigenvalue weighted by Gasteiger charge is 2.34. The van der Waals surface area contributed by atoms with Crippen molar-refractivity contribution in [3.8, 4) is 5.75 Å². The number of hydrogen-bond donors (Lipinski definition) is 0. The second-order valence-electron chi connectivity index (χ2n) is 5.10. The zero-order valence-corrected chi connectivity index (χ0v) is 14.8. The Kier molecular flexibility index (Phi) is 5.29. The Morgan fingerprint density at radius 1 is 1.33 bits per heavy atom. The van der Waals surface area contributed by atoms with Crippen LogP contribution in [0.3, 0.4) is 0 Å². The third kappa shape index (κ3) is 3.77. The van der Waals surface area contributed by atoms with Gasteiger partial charge in [-0.25, -0.2) is 8.42 Å². The SMILES string of the molecule is CCOc1ccc(Br)cc1S(=O)(=O)N1C[C@@H](C)O[C@H](C)C1. The number of nitrogens with zero attached hydrogens (tertiary/aromatic N) is 1. The lowest BCUT2D eigenvalue weighted by atomic mass is 10.3. The van der Waals surface area contributed by atoms with Gasteiger partial charge in [0.1, 0.15) is 10.6 Å². The van der Waals surface area contributed by atoms with E-state index in [1.54, 1.807) is 18.2 Å². The zero-order valence-electron chi connectivity index (χ0n) is 12.4. The quantitative estimate of drug-likeness (QED) is 0.809. The fourth-order valence-corrected chi connectivity index (χ4v) is 4.68. The summed E-state index contributed by atoms with van der Waals surface area (Å²) in [5.74, 6) is 0.382. The molecule has 1 aromatic rings. The van der Waals surface area contributed by atoms with Crippen molar-refractivity contribution < 1.29 is 17.9 Å². The second kappa shape index (κ2) is 6.64. The molecule has 0 radical (unpaired) electrons. The molecule has 0 N–H and O–H groups in total. The third-order valence-electron chi connectivity index (χ3n) is 3.21. The molecule has 5 nitrogen and oxygen atoms in total. The number of morpholine rings is 1. The maximum absolute atomic E-state index is 12.9. The predicted octanol–water partition coefficient (Wildman–Crippen LogP) is 2.65. The fourth-order valence-electron chi connectivity index (χ4n) is 2.42. The van der Waals surface area contributed by atoms with Crippen molar-refractivity contribution >= 4 is 26.0 Å². The first kappa shape index (κ1) is 16.7. The molecular weight excluding hydrogens is 358 g/mol. The van der Waals surface area contributed by atoms with Crippen LogP contribution in [0.4, 0.5) is 0 Å². The molecule has 2 atom stereocenters. The van der Waals surface area contributed by atoms with Gasteiger partial charge in [-0.2, -0.15) is 4.31 Å². The molecule has 2 rings (SSSR count). The van der Waals surface area contributed by atoms with Crippen LogP contribution in [-0.4, -0.2) is 44.6 Å². The van der Waals surface area contributed by atoms with Crippen LogP contribution in [-0.2, 0) is 14.8 Å². The van der Waals surface area contributed by atoms with E-state index >= 15 is 0 Å². The molecule has 1 saturated heterocycles. The molecule has 0 aliphatic carbocycles. The Bertz CT molecular complexity index is 595. The van der Waals surface area contributed by atoms with E-state index in [4.69, 9.17) is 9.47 Å². The number of sulfonamides is 1. The minimum Gasteiger partial charge on any atom is -0.492 e. The van der Waals surface area contributed by atoms with Crippen molar-refractivity contribution in [2.45, 2.75) is 37.9 Å². The van der Waals surface area contributed by atoms with Crippen LogP contribution < -0.4 is 4.74 Å². The van der Waals surface area contributed by atoms with Crippen LogP contribution in [0.25, 0.3) is 0 Å². The topological polar surface area (TPSA) is 55.8 Å². The van der Waals surface area contributed by atoms with Crippen molar-refractivity contribution in [1.29, 1.82) is 0 Å². The summed E-state index contributed by atoms with van der Waals surface area (Å²) in [4.78, 5) is 0.194. The van der Waals surface area contributed by atoms with E-state index in [2.05, 4.69) is 15.9 Å². The first-order valence-corrected chi connectivity index (χ1v) is 9.16. The summed E-state index contributed by atoms with van der Waals surface area (Å²) >= 11 is 3.32. The van der Waals surface area contributed by atoms with Gasteiger partial charge >= 0.3 is 0 Å². The minimum atomic E-state index is -3.60. The largest absolute Gasteiger partial charge is 0.492 e. The Balaban J connectivity index is 2.41. The van der Waals surface area contributed by atoms with Crippen molar-refractivity contribution in [3.05, 3.63) is 22.7 Å². The van der Waals surface area contributed by atoms with Gasteiger partial charge in [0, 0.05) is 17.6 Å². The minimum absolute atomic E-state index is 0.119. The highest BCUT2D eigenvalue weighted by Crippen LogP contribution is 2.31. The van der Waals surface area contributed by atoms with Crippen LogP contribution >= 0.6 is 15.9 Å². The van der Waals surface area contributed by atoms with Crippen LogP contribution in [0.5, 0.6) is 5.75 Å². The molecule has 1 heterocycles. The molecule has 1 aliphatic heterocycles. The number of ether oxygens (including phenoxy) is 2. The maximum atomic E-state index is 12.9. The molecule has 0 unspecified atom stereocenters. The molecule has 0 bridgehead atoms. The van der Waals surface area contributed by atoms with Crippen molar-refractivity contribution in [2.75, 3.05) is 19.7 Å². The summed E-state index contributed by atoms with van der Waals surface area (Å²) in [6.45, 7) is 6.71. The monoisotopic (exact) mass is 377 g/mol. The first-order chi connectivity index (χ1) is 9.84. The molecule has 0 amide bonds. The van der Waals surface area contributed by atoms with Gasteiger partial charge < -0.3 is 9.47 Å². The summed E-state index contributed by atoms with van der Waals surface area (Å²) in [6.07, 6.45) is -0.238. The Morgan fingerprint density at radius 2 is 1.95 bits per heavy atom. The Labute approximate surface area is 134 Å². The van der Waals surface area contributed by atoms with E-state index in [1.165, 1.54) is 4.31 Å². The molecule has 1 fully saturated rings. The van der Waals surface area contributed by atoms with E-state index in [9.17, 15) is 8.42 Å². The lowest BCUT2D eigenvalue weighted by Gasteiger charge is -2.34. The van der Waals surface area contributed by atoms with Gasteiger partial charge in [-0.05, 0) is 39.0 Å². The molecule has 0 spiro atoms. The Morgan fingerprint density at radius 3 is 2.52 bits per heavy atom. The number of rotatable bonds is 4. The average Bonchev–Trinajstić information content (AvgIpc) is 2.40. The smallest absolute Gasteiger partial charge is 0.246 e. The molecule has 7 heteroatoms. The van der Waals surface area contributed by atoms with E-state index in [0.717, 1.165) is 0 Å². The summed E-state index contributed by atoms with van der Waals surface area (Å²) in [6, 6.07) is 5.04. The van der Waals surface area contributed by atoms with Crippen molar-refractivity contribution in [3.63, 3.8) is 0 Å². The van der Waals surface area contributed by atoms with Gasteiger partial charge in [0.2, 0.25) is 10.0 Å². The van der Waals surface area contributed by atoms with Crippen LogP contribution in [0.15, 0.2) is 27.6 Å². The van der Waals surface area contributed by atoms with Gasteiger partial charge in [0.15, 0.2) is 0 Å². The van der Waals surface area contributed by atoms with Gasteiger partial charge in [0.05, 0.1) is 18.8 Å². The van der Waals surface area contributed by atoms with E-state index in [-0.39, 0.29) is 17.1 Å². The predicted molar refractivity (Wildman–Crippen MR) is 84.1 cm³/mol. The lowest BCUT2D eigenvalue weighted by Crippen LogP contribution is -2.48. The fraction of sp³-hybridized carbons (Fsp3) is 0.571. The highest BCUT2D eigenvalue weighted by atomic mass is 79.9. The van der Waals surface area contributed by atoms with Crippen molar-refractivity contribution in [2.24, 2.45) is 0 Å². The zero-order chi connectivity index (χ0) is 15.6. The molecule has 0 aromatic heterocycles. The van der Waals surface area contributed by atoms with Gasteiger partial charge in [-0.3, -0.25) is 0 Å². The van der Waals surface area contributed by atoms with Gasteiger partial charge in [-0.15, -0.1) is 0 Å². The Hall–Kier alpha value is -0.630. The molecule has 1 aliphatic rings. The number of hydrogen-bond acceptors (Lipinski definition) is 4. The van der Waals surface area contributed by atoms with Crippen LogP contribution in [0.1, 0.15) is 20.8 Å². The second-order valence-corrected chi connectivity index (χ2v) is 7.93. The van der Waals surface area contributed by atoms with Crippen LogP contribution in [0.2, 0.25) is 0 Å². The summed E-state index contributed by atoms with van der Waals surface area (Å²) in [7, 11) is -3.60. The van der Waals surface area contributed by atoms with E-state index in [1.807, 2.05) is 20.8 Å². The lowest BCUT2D eigenvalue weighted by molar-refractivity contribution is -0.0441. The first-order valence-electron chi connectivity index (χ1n) is 6.92. The maximum Gasteiger partial charge on any atom is 0.246 e. The molecule has 21 heavy (non-hydrogen) atoms. The van der Waals surface area contributed by atoms with E-state index in [0.29, 0.717) is 29.9 Å². The molecule has 1 aromatic carbocycles. The number of halogens is 1. The highest BCUT2D eigenvalue weighted by molar-refractivity contribution is 9.10.